The largest absolute Gasteiger partial charge is 0.342 e. The van der Waals surface area contributed by atoms with E-state index in [-0.39, 0.29) is 5.91 Å². The lowest BCUT2D eigenvalue weighted by atomic mass is 10.00. The molecule has 1 amide bonds. The summed E-state index contributed by atoms with van der Waals surface area (Å²) in [7, 11) is 0. The maximum Gasteiger partial charge on any atom is 0.270 e. The van der Waals surface area contributed by atoms with Gasteiger partial charge in [0.05, 0.1) is 0 Å². The van der Waals surface area contributed by atoms with Gasteiger partial charge in [0.2, 0.25) is 0 Å². The number of amides is 1. The number of nitrogens with zero attached hydrogens (tertiary/aromatic N) is 2. The van der Waals surface area contributed by atoms with Crippen LogP contribution < -0.4 is 0 Å². The summed E-state index contributed by atoms with van der Waals surface area (Å²) in [5.74, 6) is 0.807. The van der Waals surface area contributed by atoms with E-state index >= 15 is 0 Å². The Labute approximate surface area is 117 Å². The molecule has 1 saturated heterocycles. The monoisotopic (exact) mass is 312 g/mol. The van der Waals surface area contributed by atoms with Crippen molar-refractivity contribution < 1.29 is 4.79 Å². The molecule has 0 spiro atoms. The first-order valence-corrected chi connectivity index (χ1v) is 7.56. The van der Waals surface area contributed by atoms with Crippen LogP contribution in [-0.4, -0.2) is 28.5 Å². The fraction of sp³-hybridized carbons (Fsp3) is 0.643. The summed E-state index contributed by atoms with van der Waals surface area (Å²) < 4.78 is 3.05. The Morgan fingerprint density at radius 3 is 3.00 bits per heavy atom. The van der Waals surface area contributed by atoms with Crippen LogP contribution in [0.4, 0.5) is 0 Å². The highest BCUT2D eigenvalue weighted by Crippen LogP contribution is 2.21. The van der Waals surface area contributed by atoms with Crippen molar-refractivity contribution in [3.63, 3.8) is 0 Å². The van der Waals surface area contributed by atoms with Gasteiger partial charge in [0.1, 0.15) is 5.69 Å². The Balaban J connectivity index is 2.17. The zero-order valence-electron chi connectivity index (χ0n) is 11.2. The first-order valence-electron chi connectivity index (χ1n) is 6.76. The summed E-state index contributed by atoms with van der Waals surface area (Å²) in [5, 5.41) is 0. The second-order valence-electron chi connectivity index (χ2n) is 5.24. The molecule has 0 N–H and O–H groups in total. The molecule has 1 unspecified atom stereocenters. The van der Waals surface area contributed by atoms with E-state index in [0.717, 1.165) is 42.6 Å². The first-order chi connectivity index (χ1) is 8.61. The van der Waals surface area contributed by atoms with Gasteiger partial charge in [0.15, 0.2) is 0 Å². The molecule has 2 heterocycles. The highest BCUT2D eigenvalue weighted by atomic mass is 79.9. The minimum Gasteiger partial charge on any atom is -0.342 e. The van der Waals surface area contributed by atoms with Crippen molar-refractivity contribution in [2.75, 3.05) is 13.1 Å². The quantitative estimate of drug-likeness (QED) is 0.838. The van der Waals surface area contributed by atoms with Gasteiger partial charge in [-0.2, -0.15) is 0 Å². The van der Waals surface area contributed by atoms with E-state index in [0.29, 0.717) is 5.92 Å². The lowest BCUT2D eigenvalue weighted by Gasteiger charge is -2.31. The Hall–Kier alpha value is -0.770. The molecule has 1 fully saturated rings. The van der Waals surface area contributed by atoms with E-state index < -0.39 is 0 Å². The van der Waals surface area contributed by atoms with E-state index in [2.05, 4.69) is 34.3 Å². The zero-order valence-corrected chi connectivity index (χ0v) is 12.7. The number of aryl methyl sites for hydroxylation is 1. The van der Waals surface area contributed by atoms with Crippen molar-refractivity contribution in [3.8, 4) is 0 Å². The number of aromatic nitrogens is 1. The standard InChI is InChI=1S/C14H21BrN2O/c1-3-6-16-10-12(15)8-13(16)14(18)17-7-4-5-11(2)9-17/h8,10-11H,3-7,9H2,1-2H3. The number of halogens is 1. The topological polar surface area (TPSA) is 25.2 Å². The van der Waals surface area contributed by atoms with Gasteiger partial charge < -0.3 is 9.47 Å². The van der Waals surface area contributed by atoms with Crippen LogP contribution in [-0.2, 0) is 6.54 Å². The Kier molecular flexibility index (Phi) is 4.49. The van der Waals surface area contributed by atoms with Gasteiger partial charge in [-0.1, -0.05) is 13.8 Å². The predicted molar refractivity (Wildman–Crippen MR) is 76.7 cm³/mol. The van der Waals surface area contributed by atoms with Crippen LogP contribution >= 0.6 is 15.9 Å². The number of hydrogen-bond acceptors (Lipinski definition) is 1. The van der Waals surface area contributed by atoms with Crippen molar-refractivity contribution >= 4 is 21.8 Å². The summed E-state index contributed by atoms with van der Waals surface area (Å²) in [5.41, 5.74) is 0.817. The molecule has 100 valence electrons. The highest BCUT2D eigenvalue weighted by Gasteiger charge is 2.24. The second-order valence-corrected chi connectivity index (χ2v) is 6.15. The van der Waals surface area contributed by atoms with Gasteiger partial charge in [0.25, 0.3) is 5.91 Å². The third-order valence-electron chi connectivity index (χ3n) is 3.49. The second kappa shape index (κ2) is 5.91. The predicted octanol–water partition coefficient (Wildman–Crippen LogP) is 3.53. The zero-order chi connectivity index (χ0) is 13.1. The molecule has 0 radical (unpaired) electrons. The van der Waals surface area contributed by atoms with Crippen LogP contribution in [0.5, 0.6) is 0 Å². The molecule has 3 nitrogen and oxygen atoms in total. The van der Waals surface area contributed by atoms with Gasteiger partial charge in [-0.25, -0.2) is 0 Å². The van der Waals surface area contributed by atoms with Crippen molar-refractivity contribution in [1.82, 2.24) is 9.47 Å². The van der Waals surface area contributed by atoms with E-state index in [9.17, 15) is 4.79 Å². The normalized spacial score (nSPS) is 20.2. The van der Waals surface area contributed by atoms with Crippen molar-refractivity contribution in [2.24, 2.45) is 5.92 Å². The fourth-order valence-corrected chi connectivity index (χ4v) is 3.08. The fourth-order valence-electron chi connectivity index (χ4n) is 2.62. The molecule has 0 bridgehead atoms. The molecule has 1 aromatic heterocycles. The molecule has 0 aliphatic carbocycles. The van der Waals surface area contributed by atoms with Crippen LogP contribution in [0.2, 0.25) is 0 Å². The average molecular weight is 313 g/mol. The molecule has 1 atom stereocenters. The van der Waals surface area contributed by atoms with Crippen molar-refractivity contribution in [2.45, 2.75) is 39.7 Å². The lowest BCUT2D eigenvalue weighted by molar-refractivity contribution is 0.0672. The number of carbonyl (C=O) groups excluding carboxylic acids is 1. The molecule has 18 heavy (non-hydrogen) atoms. The van der Waals surface area contributed by atoms with E-state index in [1.807, 2.05) is 17.2 Å². The molecule has 0 saturated carbocycles. The Bertz CT molecular complexity index is 427. The van der Waals surface area contributed by atoms with Gasteiger partial charge >= 0.3 is 0 Å². The third kappa shape index (κ3) is 2.97. The first kappa shape index (κ1) is 13.7. The summed E-state index contributed by atoms with van der Waals surface area (Å²) in [6, 6.07) is 1.94. The van der Waals surface area contributed by atoms with Crippen LogP contribution in [0, 0.1) is 5.92 Å². The molecule has 1 aliphatic rings. The van der Waals surface area contributed by atoms with Crippen molar-refractivity contribution in [3.05, 3.63) is 22.4 Å². The van der Waals surface area contributed by atoms with Crippen LogP contribution in [0.15, 0.2) is 16.7 Å². The summed E-state index contributed by atoms with van der Waals surface area (Å²) >= 11 is 3.47. The van der Waals surface area contributed by atoms with Crippen LogP contribution in [0.3, 0.4) is 0 Å². The van der Waals surface area contributed by atoms with Crippen molar-refractivity contribution in [1.29, 1.82) is 0 Å². The maximum atomic E-state index is 12.5. The lowest BCUT2D eigenvalue weighted by Crippen LogP contribution is -2.39. The summed E-state index contributed by atoms with van der Waals surface area (Å²) in [4.78, 5) is 14.5. The maximum absolute atomic E-state index is 12.5. The smallest absolute Gasteiger partial charge is 0.270 e. The number of hydrogen-bond donors (Lipinski definition) is 0. The van der Waals surface area contributed by atoms with E-state index in [4.69, 9.17) is 0 Å². The Morgan fingerprint density at radius 1 is 1.56 bits per heavy atom. The van der Waals surface area contributed by atoms with Gasteiger partial charge in [-0.15, -0.1) is 0 Å². The molecule has 2 rings (SSSR count). The van der Waals surface area contributed by atoms with Crippen LogP contribution in [0.25, 0.3) is 0 Å². The average Bonchev–Trinajstić information content (AvgIpc) is 2.70. The van der Waals surface area contributed by atoms with Gasteiger partial charge in [-0.05, 0) is 47.2 Å². The number of piperidine rings is 1. The molecule has 0 aromatic carbocycles. The summed E-state index contributed by atoms with van der Waals surface area (Å²) in [6.07, 6.45) is 5.41. The molecular formula is C14H21BrN2O. The Morgan fingerprint density at radius 2 is 2.33 bits per heavy atom. The number of rotatable bonds is 3. The van der Waals surface area contributed by atoms with E-state index in [1.54, 1.807) is 0 Å². The summed E-state index contributed by atoms with van der Waals surface area (Å²) in [6.45, 7) is 7.05. The number of carbonyl (C=O) groups is 1. The highest BCUT2D eigenvalue weighted by molar-refractivity contribution is 9.10. The minimum atomic E-state index is 0.181. The SMILES string of the molecule is CCCn1cc(Br)cc1C(=O)N1CCCC(C)C1. The minimum absolute atomic E-state index is 0.181. The number of likely N-dealkylation sites (tertiary alicyclic amines) is 1. The van der Waals surface area contributed by atoms with E-state index in [1.165, 1.54) is 6.42 Å². The third-order valence-corrected chi connectivity index (χ3v) is 3.92. The molecule has 1 aromatic rings. The van der Waals surface area contributed by atoms with Crippen LogP contribution in [0.1, 0.15) is 43.6 Å². The van der Waals surface area contributed by atoms with Gasteiger partial charge in [0, 0.05) is 30.3 Å². The molecule has 1 aliphatic heterocycles. The molecular weight excluding hydrogens is 292 g/mol. The molecule has 4 heteroatoms. The van der Waals surface area contributed by atoms with Gasteiger partial charge in [-0.3, -0.25) is 4.79 Å².